The van der Waals surface area contributed by atoms with Gasteiger partial charge in [0.15, 0.2) is 5.69 Å². The molecule has 0 aliphatic heterocycles. The summed E-state index contributed by atoms with van der Waals surface area (Å²) in [6, 6.07) is 9.39. The summed E-state index contributed by atoms with van der Waals surface area (Å²) in [4.78, 5) is 13.7. The van der Waals surface area contributed by atoms with Crippen molar-refractivity contribution in [2.75, 3.05) is 5.43 Å². The molecular formula is C11H11N5O2. The van der Waals surface area contributed by atoms with Gasteiger partial charge in [0.2, 0.25) is 0 Å². The third-order valence-electron chi connectivity index (χ3n) is 2.33. The number of hydrogen-bond acceptors (Lipinski definition) is 5. The van der Waals surface area contributed by atoms with Crippen LogP contribution in [0.1, 0.15) is 5.69 Å². The third-order valence-corrected chi connectivity index (χ3v) is 2.33. The van der Waals surface area contributed by atoms with Crippen LogP contribution in [0.15, 0.2) is 41.6 Å². The van der Waals surface area contributed by atoms with Gasteiger partial charge < -0.3 is 10.1 Å². The Balaban J connectivity index is 2.08. The Hall–Kier alpha value is -2.70. The lowest BCUT2D eigenvalue weighted by molar-refractivity contribution is -0.396. The van der Waals surface area contributed by atoms with Gasteiger partial charge in [-0.1, -0.05) is 23.2 Å². The number of nitrogens with zero attached hydrogens (tertiary/aromatic N) is 4. The molecule has 1 heterocycles. The van der Waals surface area contributed by atoms with Crippen LogP contribution in [0.4, 0.5) is 11.6 Å². The fourth-order valence-electron chi connectivity index (χ4n) is 1.39. The maximum absolute atomic E-state index is 10.6. The standard InChI is InChI=1S/C11H11N5O2/c1-15-10(7-12-11(15)16(17)18)8-13-14-9-5-3-2-4-6-9/h2-8,14H,1H3/b13-8+. The van der Waals surface area contributed by atoms with Crippen LogP contribution in [0, 0.1) is 10.1 Å². The molecule has 0 bridgehead atoms. The first-order valence-electron chi connectivity index (χ1n) is 5.18. The number of anilines is 1. The van der Waals surface area contributed by atoms with Gasteiger partial charge in [-0.05, 0) is 17.1 Å². The van der Waals surface area contributed by atoms with Crippen molar-refractivity contribution in [3.63, 3.8) is 0 Å². The average Bonchev–Trinajstić information content (AvgIpc) is 2.73. The zero-order chi connectivity index (χ0) is 13.0. The molecule has 2 aromatic rings. The lowest BCUT2D eigenvalue weighted by Gasteiger charge is -1.98. The number of nitro groups is 1. The molecule has 0 amide bonds. The van der Waals surface area contributed by atoms with E-state index in [9.17, 15) is 10.1 Å². The molecule has 0 atom stereocenters. The summed E-state index contributed by atoms with van der Waals surface area (Å²) in [5, 5.41) is 14.6. The number of para-hydroxylation sites is 1. The summed E-state index contributed by atoms with van der Waals surface area (Å²) in [6.45, 7) is 0. The molecule has 0 saturated carbocycles. The van der Waals surface area contributed by atoms with Crippen LogP contribution in [0.3, 0.4) is 0 Å². The summed E-state index contributed by atoms with van der Waals surface area (Å²) in [5.74, 6) is -0.212. The fraction of sp³-hybridized carbons (Fsp3) is 0.0909. The second-order valence-corrected chi connectivity index (χ2v) is 3.54. The van der Waals surface area contributed by atoms with E-state index in [1.807, 2.05) is 30.3 Å². The van der Waals surface area contributed by atoms with Crippen molar-refractivity contribution < 1.29 is 4.92 Å². The molecule has 1 aromatic carbocycles. The number of hydrazone groups is 1. The van der Waals surface area contributed by atoms with Gasteiger partial charge >= 0.3 is 5.95 Å². The van der Waals surface area contributed by atoms with Crippen LogP contribution in [-0.2, 0) is 7.05 Å². The average molecular weight is 245 g/mol. The highest BCUT2D eigenvalue weighted by molar-refractivity contribution is 5.78. The van der Waals surface area contributed by atoms with Crippen molar-refractivity contribution in [1.29, 1.82) is 0 Å². The van der Waals surface area contributed by atoms with Gasteiger partial charge in [-0.3, -0.25) is 5.43 Å². The Morgan fingerprint density at radius 3 is 2.78 bits per heavy atom. The fourth-order valence-corrected chi connectivity index (χ4v) is 1.39. The van der Waals surface area contributed by atoms with Gasteiger partial charge in [0.05, 0.1) is 18.9 Å². The zero-order valence-electron chi connectivity index (χ0n) is 9.65. The number of aromatic nitrogens is 2. The van der Waals surface area contributed by atoms with Gasteiger partial charge in [0.25, 0.3) is 0 Å². The van der Waals surface area contributed by atoms with E-state index in [4.69, 9.17) is 0 Å². The highest BCUT2D eigenvalue weighted by Gasteiger charge is 2.15. The smallest absolute Gasteiger partial charge is 0.390 e. The van der Waals surface area contributed by atoms with Crippen molar-refractivity contribution in [3.05, 3.63) is 52.3 Å². The summed E-state index contributed by atoms with van der Waals surface area (Å²) < 4.78 is 1.36. The van der Waals surface area contributed by atoms with Crippen LogP contribution >= 0.6 is 0 Å². The largest absolute Gasteiger partial charge is 0.434 e. The predicted octanol–water partition coefficient (Wildman–Crippen LogP) is 1.77. The van der Waals surface area contributed by atoms with Gasteiger partial charge in [0, 0.05) is 0 Å². The van der Waals surface area contributed by atoms with Gasteiger partial charge in [0.1, 0.15) is 6.20 Å². The molecule has 7 heteroatoms. The topological polar surface area (TPSA) is 85.3 Å². The molecule has 0 radical (unpaired) electrons. The van der Waals surface area contributed by atoms with Crippen LogP contribution in [0.2, 0.25) is 0 Å². The van der Waals surface area contributed by atoms with E-state index in [-0.39, 0.29) is 5.95 Å². The van der Waals surface area contributed by atoms with Crippen molar-refractivity contribution in [3.8, 4) is 0 Å². The molecule has 1 aromatic heterocycles. The van der Waals surface area contributed by atoms with Crippen LogP contribution in [-0.4, -0.2) is 20.7 Å². The second-order valence-electron chi connectivity index (χ2n) is 3.54. The molecule has 7 nitrogen and oxygen atoms in total. The molecule has 92 valence electrons. The second kappa shape index (κ2) is 5.09. The van der Waals surface area contributed by atoms with E-state index in [1.54, 1.807) is 7.05 Å². The molecule has 0 aliphatic rings. The first-order valence-corrected chi connectivity index (χ1v) is 5.18. The minimum Gasteiger partial charge on any atom is -0.390 e. The van der Waals surface area contributed by atoms with E-state index >= 15 is 0 Å². The Morgan fingerprint density at radius 2 is 2.17 bits per heavy atom. The van der Waals surface area contributed by atoms with Crippen molar-refractivity contribution in [2.24, 2.45) is 12.1 Å². The molecule has 1 N–H and O–H groups in total. The minimum absolute atomic E-state index is 0.212. The quantitative estimate of drug-likeness (QED) is 0.505. The molecule has 0 aliphatic carbocycles. The van der Waals surface area contributed by atoms with Crippen LogP contribution in [0.5, 0.6) is 0 Å². The van der Waals surface area contributed by atoms with Gasteiger partial charge in [-0.25, -0.2) is 4.57 Å². The van der Waals surface area contributed by atoms with Gasteiger partial charge in [-0.15, -0.1) is 0 Å². The first kappa shape index (κ1) is 11.8. The summed E-state index contributed by atoms with van der Waals surface area (Å²) in [5.41, 5.74) is 4.20. The molecule has 2 rings (SSSR count). The SMILES string of the molecule is Cn1c(/C=N/Nc2ccccc2)cnc1[N+](=O)[O-]. The van der Waals surface area contributed by atoms with Crippen LogP contribution in [0.25, 0.3) is 0 Å². The third kappa shape index (κ3) is 2.51. The zero-order valence-corrected chi connectivity index (χ0v) is 9.65. The Bertz CT molecular complexity index is 576. The lowest BCUT2D eigenvalue weighted by atomic mass is 10.3. The molecule has 18 heavy (non-hydrogen) atoms. The molecule has 0 fully saturated rings. The van der Waals surface area contributed by atoms with E-state index in [0.717, 1.165) is 5.69 Å². The summed E-state index contributed by atoms with van der Waals surface area (Å²) in [6.07, 6.45) is 2.88. The number of imidazole rings is 1. The predicted molar refractivity (Wildman–Crippen MR) is 67.5 cm³/mol. The Morgan fingerprint density at radius 1 is 1.44 bits per heavy atom. The van der Waals surface area contributed by atoms with Gasteiger partial charge in [-0.2, -0.15) is 5.10 Å². The molecule has 0 saturated heterocycles. The van der Waals surface area contributed by atoms with E-state index in [0.29, 0.717) is 5.69 Å². The van der Waals surface area contributed by atoms with Crippen molar-refractivity contribution >= 4 is 17.9 Å². The van der Waals surface area contributed by atoms with E-state index in [1.165, 1.54) is 17.0 Å². The highest BCUT2D eigenvalue weighted by Crippen LogP contribution is 2.09. The lowest BCUT2D eigenvalue weighted by Crippen LogP contribution is -2.02. The number of hydrogen-bond donors (Lipinski definition) is 1. The number of nitrogens with one attached hydrogen (secondary N) is 1. The maximum Gasteiger partial charge on any atom is 0.434 e. The number of benzene rings is 1. The molecule has 0 unspecified atom stereocenters. The monoisotopic (exact) mass is 245 g/mol. The van der Waals surface area contributed by atoms with Crippen molar-refractivity contribution in [2.45, 2.75) is 0 Å². The van der Waals surface area contributed by atoms with E-state index in [2.05, 4.69) is 15.5 Å². The Kier molecular flexibility index (Phi) is 3.33. The first-order chi connectivity index (χ1) is 8.68. The molecule has 0 spiro atoms. The minimum atomic E-state index is -0.540. The maximum atomic E-state index is 10.6. The number of rotatable bonds is 4. The summed E-state index contributed by atoms with van der Waals surface area (Å²) in [7, 11) is 1.56. The molecular weight excluding hydrogens is 234 g/mol. The Labute approximate surface area is 103 Å². The van der Waals surface area contributed by atoms with E-state index < -0.39 is 4.92 Å². The normalized spacial score (nSPS) is 10.7. The van der Waals surface area contributed by atoms with Crippen LogP contribution < -0.4 is 5.43 Å². The highest BCUT2D eigenvalue weighted by atomic mass is 16.6. The summed E-state index contributed by atoms with van der Waals surface area (Å²) >= 11 is 0. The van der Waals surface area contributed by atoms with Crippen molar-refractivity contribution in [1.82, 2.24) is 9.55 Å².